The Kier molecular flexibility index (Phi) is 6.40. The van der Waals surface area contributed by atoms with Gasteiger partial charge in [0.1, 0.15) is 17.2 Å². The molecule has 1 atom stereocenters. The molecule has 0 bridgehead atoms. The molecular formula is C26H26N2O4. The zero-order valence-electron chi connectivity index (χ0n) is 18.2. The van der Waals surface area contributed by atoms with E-state index in [-0.39, 0.29) is 18.2 Å². The van der Waals surface area contributed by atoms with Crippen LogP contribution in [0.4, 0.5) is 11.4 Å². The van der Waals surface area contributed by atoms with Gasteiger partial charge in [-0.1, -0.05) is 24.3 Å². The van der Waals surface area contributed by atoms with Crippen LogP contribution < -0.4 is 19.7 Å². The van der Waals surface area contributed by atoms with Gasteiger partial charge in [0.05, 0.1) is 18.2 Å². The maximum absolute atomic E-state index is 12.8. The standard InChI is InChI=1S/C26H26N2O4/c1-3-31-24-10-5-4-9-23(24)28-17-19(16-25(28)29)26(30)27-20-11-13-21(14-12-20)32-22-8-6-7-18(2)15-22/h4-15,19H,3,16-17H2,1-2H3,(H,27,30)/t19-/m1/s1. The molecule has 0 spiro atoms. The van der Waals surface area contributed by atoms with Crippen LogP contribution in [0.3, 0.4) is 0 Å². The molecule has 0 aromatic heterocycles. The predicted octanol–water partition coefficient (Wildman–Crippen LogP) is 5.18. The van der Waals surface area contributed by atoms with Gasteiger partial charge in [-0.15, -0.1) is 0 Å². The lowest BCUT2D eigenvalue weighted by molar-refractivity contribution is -0.122. The van der Waals surface area contributed by atoms with Gasteiger partial charge in [-0.25, -0.2) is 0 Å². The summed E-state index contributed by atoms with van der Waals surface area (Å²) in [5, 5.41) is 2.91. The topological polar surface area (TPSA) is 67.9 Å². The minimum atomic E-state index is -0.430. The summed E-state index contributed by atoms with van der Waals surface area (Å²) >= 11 is 0. The molecule has 1 fully saturated rings. The van der Waals surface area contributed by atoms with E-state index in [2.05, 4.69) is 5.32 Å². The number of rotatable bonds is 7. The number of aryl methyl sites for hydroxylation is 1. The van der Waals surface area contributed by atoms with Crippen molar-refractivity contribution >= 4 is 23.2 Å². The second-order valence-corrected chi connectivity index (χ2v) is 7.74. The molecule has 1 N–H and O–H groups in total. The number of carbonyl (C=O) groups is 2. The van der Waals surface area contributed by atoms with Gasteiger partial charge < -0.3 is 19.7 Å². The molecule has 1 saturated heterocycles. The molecule has 164 valence electrons. The maximum atomic E-state index is 12.8. The number of amides is 2. The van der Waals surface area contributed by atoms with Crippen molar-refractivity contribution in [1.82, 2.24) is 0 Å². The predicted molar refractivity (Wildman–Crippen MR) is 124 cm³/mol. The van der Waals surface area contributed by atoms with Crippen LogP contribution in [-0.4, -0.2) is 25.0 Å². The largest absolute Gasteiger partial charge is 0.492 e. The first-order valence-electron chi connectivity index (χ1n) is 10.7. The molecule has 1 aliphatic heterocycles. The summed E-state index contributed by atoms with van der Waals surface area (Å²) in [6.45, 7) is 4.74. The number of hydrogen-bond acceptors (Lipinski definition) is 4. The summed E-state index contributed by atoms with van der Waals surface area (Å²) in [7, 11) is 0. The van der Waals surface area contributed by atoms with Gasteiger partial charge in [-0.05, 0) is 67.9 Å². The molecule has 3 aromatic carbocycles. The van der Waals surface area contributed by atoms with Gasteiger partial charge in [0.2, 0.25) is 11.8 Å². The van der Waals surface area contributed by atoms with Crippen LogP contribution in [-0.2, 0) is 9.59 Å². The van der Waals surface area contributed by atoms with Gasteiger partial charge in [0.25, 0.3) is 0 Å². The molecule has 4 rings (SSSR count). The highest BCUT2D eigenvalue weighted by Crippen LogP contribution is 2.33. The third-order valence-corrected chi connectivity index (χ3v) is 5.30. The van der Waals surface area contributed by atoms with Crippen molar-refractivity contribution in [3.8, 4) is 17.2 Å². The Morgan fingerprint density at radius 2 is 1.81 bits per heavy atom. The van der Waals surface area contributed by atoms with E-state index < -0.39 is 5.92 Å². The molecule has 0 unspecified atom stereocenters. The molecule has 0 radical (unpaired) electrons. The smallest absolute Gasteiger partial charge is 0.229 e. The summed E-state index contributed by atoms with van der Waals surface area (Å²) in [5.74, 6) is 1.40. The second-order valence-electron chi connectivity index (χ2n) is 7.74. The van der Waals surface area contributed by atoms with Gasteiger partial charge in [-0.3, -0.25) is 9.59 Å². The molecular weight excluding hydrogens is 404 g/mol. The number of para-hydroxylation sites is 2. The average Bonchev–Trinajstić information content (AvgIpc) is 3.17. The molecule has 2 amide bonds. The van der Waals surface area contributed by atoms with Gasteiger partial charge >= 0.3 is 0 Å². The number of carbonyl (C=O) groups excluding carboxylic acids is 2. The SMILES string of the molecule is CCOc1ccccc1N1C[C@H](C(=O)Nc2ccc(Oc3cccc(C)c3)cc2)CC1=O. The Bertz CT molecular complexity index is 1110. The van der Waals surface area contributed by atoms with E-state index in [0.29, 0.717) is 36.0 Å². The van der Waals surface area contributed by atoms with Crippen LogP contribution in [0.5, 0.6) is 17.2 Å². The summed E-state index contributed by atoms with van der Waals surface area (Å²) in [5.41, 5.74) is 2.48. The number of anilines is 2. The van der Waals surface area contributed by atoms with Crippen molar-refractivity contribution < 1.29 is 19.1 Å². The first-order chi connectivity index (χ1) is 15.5. The fourth-order valence-corrected chi connectivity index (χ4v) is 3.74. The van der Waals surface area contributed by atoms with Crippen LogP contribution in [0.25, 0.3) is 0 Å². The number of benzene rings is 3. The number of ether oxygens (including phenoxy) is 2. The minimum Gasteiger partial charge on any atom is -0.492 e. The first kappa shape index (κ1) is 21.4. The highest BCUT2D eigenvalue weighted by Gasteiger charge is 2.36. The number of hydrogen-bond donors (Lipinski definition) is 1. The molecule has 1 heterocycles. The van der Waals surface area contributed by atoms with Crippen LogP contribution >= 0.6 is 0 Å². The Morgan fingerprint density at radius 3 is 2.56 bits per heavy atom. The fraction of sp³-hybridized carbons (Fsp3) is 0.231. The van der Waals surface area contributed by atoms with E-state index in [1.54, 1.807) is 17.0 Å². The third-order valence-electron chi connectivity index (χ3n) is 5.30. The number of nitrogens with zero attached hydrogens (tertiary/aromatic N) is 1. The van der Waals surface area contributed by atoms with Crippen LogP contribution in [0, 0.1) is 12.8 Å². The van der Waals surface area contributed by atoms with Crippen molar-refractivity contribution in [3.63, 3.8) is 0 Å². The van der Waals surface area contributed by atoms with Crippen molar-refractivity contribution in [2.24, 2.45) is 5.92 Å². The molecule has 1 aliphatic rings. The van der Waals surface area contributed by atoms with E-state index >= 15 is 0 Å². The van der Waals surface area contributed by atoms with Crippen LogP contribution in [0.1, 0.15) is 18.9 Å². The monoisotopic (exact) mass is 430 g/mol. The Balaban J connectivity index is 1.39. The molecule has 0 aliphatic carbocycles. The lowest BCUT2D eigenvalue weighted by Crippen LogP contribution is -2.28. The van der Waals surface area contributed by atoms with Gasteiger partial charge in [-0.2, -0.15) is 0 Å². The van der Waals surface area contributed by atoms with E-state index in [0.717, 1.165) is 11.3 Å². The molecule has 3 aromatic rings. The average molecular weight is 431 g/mol. The van der Waals surface area contributed by atoms with E-state index in [1.807, 2.05) is 74.5 Å². The Hall–Kier alpha value is -3.80. The highest BCUT2D eigenvalue weighted by molar-refractivity contribution is 6.04. The summed E-state index contributed by atoms with van der Waals surface area (Å²) in [4.78, 5) is 27.1. The third kappa shape index (κ3) is 4.91. The van der Waals surface area contributed by atoms with E-state index in [9.17, 15) is 9.59 Å². The lowest BCUT2D eigenvalue weighted by Gasteiger charge is -2.20. The normalized spacial score (nSPS) is 15.5. The molecule has 6 nitrogen and oxygen atoms in total. The second kappa shape index (κ2) is 9.56. The fourth-order valence-electron chi connectivity index (χ4n) is 3.74. The van der Waals surface area contributed by atoms with Crippen LogP contribution in [0.2, 0.25) is 0 Å². The van der Waals surface area contributed by atoms with Gasteiger partial charge in [0.15, 0.2) is 0 Å². The summed E-state index contributed by atoms with van der Waals surface area (Å²) < 4.78 is 11.5. The van der Waals surface area contributed by atoms with Crippen LogP contribution in [0.15, 0.2) is 72.8 Å². The van der Waals surface area contributed by atoms with Crippen molar-refractivity contribution in [2.75, 3.05) is 23.4 Å². The molecule has 32 heavy (non-hydrogen) atoms. The zero-order valence-corrected chi connectivity index (χ0v) is 18.2. The zero-order chi connectivity index (χ0) is 22.5. The van der Waals surface area contributed by atoms with Crippen molar-refractivity contribution in [3.05, 3.63) is 78.4 Å². The Morgan fingerprint density at radius 1 is 1.03 bits per heavy atom. The molecule has 6 heteroatoms. The number of nitrogens with one attached hydrogen (secondary N) is 1. The maximum Gasteiger partial charge on any atom is 0.229 e. The Labute approximate surface area is 187 Å². The summed E-state index contributed by atoms with van der Waals surface area (Å²) in [6.07, 6.45) is 0.168. The lowest BCUT2D eigenvalue weighted by atomic mass is 10.1. The van der Waals surface area contributed by atoms with Gasteiger partial charge in [0, 0.05) is 18.7 Å². The minimum absolute atomic E-state index is 0.0841. The quantitative estimate of drug-likeness (QED) is 0.561. The summed E-state index contributed by atoms with van der Waals surface area (Å²) in [6, 6.07) is 22.4. The van der Waals surface area contributed by atoms with E-state index in [1.165, 1.54) is 0 Å². The highest BCUT2D eigenvalue weighted by atomic mass is 16.5. The van der Waals surface area contributed by atoms with Crippen molar-refractivity contribution in [2.45, 2.75) is 20.3 Å². The van der Waals surface area contributed by atoms with Crippen molar-refractivity contribution in [1.29, 1.82) is 0 Å². The molecule has 0 saturated carbocycles. The first-order valence-corrected chi connectivity index (χ1v) is 10.7. The van der Waals surface area contributed by atoms with E-state index in [4.69, 9.17) is 9.47 Å².